The van der Waals surface area contributed by atoms with Crippen LogP contribution < -0.4 is 0 Å². The molecule has 0 radical (unpaired) electrons. The molecule has 8 rings (SSSR count). The van der Waals surface area contributed by atoms with E-state index in [1.165, 1.54) is 16.5 Å². The predicted molar refractivity (Wildman–Crippen MR) is 153 cm³/mol. The maximum Gasteiger partial charge on any atom is 0.143 e. The molecule has 0 amide bonds. The Balaban J connectivity index is 1.19. The lowest BCUT2D eigenvalue weighted by Crippen LogP contribution is -1.89. The Bertz CT molecular complexity index is 2140. The van der Waals surface area contributed by atoms with Crippen molar-refractivity contribution in [2.24, 2.45) is 0 Å². The number of para-hydroxylation sites is 1. The van der Waals surface area contributed by atoms with Crippen molar-refractivity contribution in [3.05, 3.63) is 121 Å². The van der Waals surface area contributed by atoms with Crippen molar-refractivity contribution in [1.29, 1.82) is 0 Å². The Labute approximate surface area is 212 Å². The minimum Gasteiger partial charge on any atom is -0.455 e. The van der Waals surface area contributed by atoms with Crippen molar-refractivity contribution in [1.82, 2.24) is 9.97 Å². The number of pyridine rings is 2. The molecule has 0 aliphatic heterocycles. The van der Waals surface area contributed by atoms with Gasteiger partial charge in [0.15, 0.2) is 0 Å². The van der Waals surface area contributed by atoms with E-state index in [1.54, 1.807) is 0 Å². The Morgan fingerprint density at radius 3 is 2.14 bits per heavy atom. The van der Waals surface area contributed by atoms with Gasteiger partial charge in [0.05, 0.1) is 16.7 Å². The Morgan fingerprint density at radius 1 is 0.486 bits per heavy atom. The fourth-order valence-corrected chi connectivity index (χ4v) is 5.41. The maximum atomic E-state index is 6.22. The van der Waals surface area contributed by atoms with Crippen molar-refractivity contribution in [2.45, 2.75) is 0 Å². The van der Waals surface area contributed by atoms with Crippen molar-refractivity contribution < 1.29 is 4.42 Å². The zero-order valence-corrected chi connectivity index (χ0v) is 19.8. The molecule has 5 aromatic carbocycles. The number of aromatic nitrogens is 2. The predicted octanol–water partition coefficient (Wildman–Crippen LogP) is 9.17. The fraction of sp³-hybridized carbons (Fsp3) is 0. The molecule has 0 spiro atoms. The standard InChI is InChI=1S/C34H20N2O/c1-2-6-31-28(5-1)29-17-14-26-20-25(13-16-27(26)34(29)37-31)21-7-9-22(10-8-21)30-18-15-24-12-11-23-4-3-19-35-32(23)33(24)36-30/h1-20H. The topological polar surface area (TPSA) is 38.9 Å². The number of furan rings is 1. The van der Waals surface area contributed by atoms with E-state index in [1.807, 2.05) is 24.4 Å². The van der Waals surface area contributed by atoms with Crippen LogP contribution in [0.5, 0.6) is 0 Å². The first-order valence-corrected chi connectivity index (χ1v) is 12.4. The van der Waals surface area contributed by atoms with Crippen LogP contribution >= 0.6 is 0 Å². The van der Waals surface area contributed by atoms with Gasteiger partial charge in [0, 0.05) is 38.7 Å². The van der Waals surface area contributed by atoms with Gasteiger partial charge in [0.1, 0.15) is 11.2 Å². The summed E-state index contributed by atoms with van der Waals surface area (Å²) in [6.07, 6.45) is 1.83. The molecule has 3 heterocycles. The molecule has 0 saturated carbocycles. The van der Waals surface area contributed by atoms with Gasteiger partial charge < -0.3 is 4.42 Å². The summed E-state index contributed by atoms with van der Waals surface area (Å²) in [7, 11) is 0. The molecule has 0 aliphatic rings. The SMILES string of the molecule is c1cnc2c(c1)ccc1ccc(-c3ccc(-c4ccc5c(ccc6c7ccccc7oc56)c4)cc3)nc12. The monoisotopic (exact) mass is 472 g/mol. The molecule has 3 nitrogen and oxygen atoms in total. The molecule has 0 atom stereocenters. The second-order valence-corrected chi connectivity index (χ2v) is 9.46. The average molecular weight is 473 g/mol. The van der Waals surface area contributed by atoms with E-state index in [9.17, 15) is 0 Å². The van der Waals surface area contributed by atoms with E-state index in [-0.39, 0.29) is 0 Å². The second-order valence-electron chi connectivity index (χ2n) is 9.46. The van der Waals surface area contributed by atoms with Gasteiger partial charge in [-0.3, -0.25) is 4.98 Å². The summed E-state index contributed by atoms with van der Waals surface area (Å²) >= 11 is 0. The highest BCUT2D eigenvalue weighted by molar-refractivity contribution is 6.15. The zero-order chi connectivity index (χ0) is 24.3. The molecule has 172 valence electrons. The lowest BCUT2D eigenvalue weighted by Gasteiger charge is -2.08. The fourth-order valence-electron chi connectivity index (χ4n) is 5.41. The molecule has 37 heavy (non-hydrogen) atoms. The van der Waals surface area contributed by atoms with E-state index < -0.39 is 0 Å². The van der Waals surface area contributed by atoms with Gasteiger partial charge in [-0.1, -0.05) is 78.9 Å². The largest absolute Gasteiger partial charge is 0.455 e. The van der Waals surface area contributed by atoms with Crippen LogP contribution in [0.25, 0.3) is 76.9 Å². The van der Waals surface area contributed by atoms with E-state index in [0.717, 1.165) is 60.4 Å². The summed E-state index contributed by atoms with van der Waals surface area (Å²) in [5.74, 6) is 0. The minimum atomic E-state index is 0.927. The van der Waals surface area contributed by atoms with Gasteiger partial charge in [0.25, 0.3) is 0 Å². The van der Waals surface area contributed by atoms with Crippen molar-refractivity contribution in [3.8, 4) is 22.4 Å². The van der Waals surface area contributed by atoms with Gasteiger partial charge in [-0.05, 0) is 52.9 Å². The van der Waals surface area contributed by atoms with Gasteiger partial charge in [0.2, 0.25) is 0 Å². The average Bonchev–Trinajstić information content (AvgIpc) is 3.36. The van der Waals surface area contributed by atoms with E-state index in [0.29, 0.717) is 0 Å². The molecule has 3 aromatic heterocycles. The van der Waals surface area contributed by atoms with Gasteiger partial charge in [-0.2, -0.15) is 0 Å². The number of rotatable bonds is 2. The third-order valence-electron chi connectivity index (χ3n) is 7.31. The first kappa shape index (κ1) is 20.2. The smallest absolute Gasteiger partial charge is 0.143 e. The third kappa shape index (κ3) is 3.14. The molecule has 0 bridgehead atoms. The van der Waals surface area contributed by atoms with Crippen LogP contribution in [0.3, 0.4) is 0 Å². The van der Waals surface area contributed by atoms with Crippen LogP contribution in [-0.4, -0.2) is 9.97 Å². The zero-order valence-electron chi connectivity index (χ0n) is 19.8. The Hall–Kier alpha value is -5.02. The molecular formula is C34H20N2O. The number of benzene rings is 5. The van der Waals surface area contributed by atoms with Gasteiger partial charge >= 0.3 is 0 Å². The summed E-state index contributed by atoms with van der Waals surface area (Å²) in [5, 5.41) is 6.82. The number of hydrogen-bond acceptors (Lipinski definition) is 3. The van der Waals surface area contributed by atoms with Gasteiger partial charge in [-0.25, -0.2) is 4.98 Å². The first-order valence-electron chi connectivity index (χ1n) is 12.4. The molecule has 0 aliphatic carbocycles. The molecule has 0 N–H and O–H groups in total. The lowest BCUT2D eigenvalue weighted by atomic mass is 9.98. The van der Waals surface area contributed by atoms with Crippen LogP contribution in [0.4, 0.5) is 0 Å². The summed E-state index contributed by atoms with van der Waals surface area (Å²) in [5.41, 5.74) is 8.13. The van der Waals surface area contributed by atoms with E-state index >= 15 is 0 Å². The Kier molecular flexibility index (Phi) is 4.23. The molecule has 8 aromatic rings. The summed E-state index contributed by atoms with van der Waals surface area (Å²) in [4.78, 5) is 9.58. The second kappa shape index (κ2) is 7.74. The quantitative estimate of drug-likeness (QED) is 0.235. The highest BCUT2D eigenvalue weighted by Crippen LogP contribution is 2.36. The van der Waals surface area contributed by atoms with E-state index in [4.69, 9.17) is 9.40 Å². The number of fused-ring (bicyclic) bond motifs is 8. The van der Waals surface area contributed by atoms with Crippen molar-refractivity contribution in [3.63, 3.8) is 0 Å². The number of hydrogen-bond donors (Lipinski definition) is 0. The molecule has 3 heteroatoms. The van der Waals surface area contributed by atoms with Crippen molar-refractivity contribution in [2.75, 3.05) is 0 Å². The third-order valence-corrected chi connectivity index (χ3v) is 7.31. The first-order chi connectivity index (χ1) is 18.3. The van der Waals surface area contributed by atoms with Crippen LogP contribution in [-0.2, 0) is 0 Å². The highest BCUT2D eigenvalue weighted by atomic mass is 16.3. The summed E-state index contributed by atoms with van der Waals surface area (Å²) < 4.78 is 6.22. The lowest BCUT2D eigenvalue weighted by molar-refractivity contribution is 0.672. The Morgan fingerprint density at radius 2 is 1.22 bits per heavy atom. The molecule has 0 unspecified atom stereocenters. The highest BCUT2D eigenvalue weighted by Gasteiger charge is 2.11. The minimum absolute atomic E-state index is 0.927. The summed E-state index contributed by atoms with van der Waals surface area (Å²) in [6, 6.07) is 40.3. The van der Waals surface area contributed by atoms with Crippen LogP contribution in [0.2, 0.25) is 0 Å². The van der Waals surface area contributed by atoms with E-state index in [2.05, 4.69) is 102 Å². The maximum absolute atomic E-state index is 6.22. The van der Waals surface area contributed by atoms with Crippen LogP contribution in [0.15, 0.2) is 126 Å². The molecular weight excluding hydrogens is 452 g/mol. The van der Waals surface area contributed by atoms with Gasteiger partial charge in [-0.15, -0.1) is 0 Å². The molecule has 0 fully saturated rings. The van der Waals surface area contributed by atoms with Crippen molar-refractivity contribution >= 4 is 54.5 Å². The molecule has 0 saturated heterocycles. The number of nitrogens with zero attached hydrogens (tertiary/aromatic N) is 2. The normalized spacial score (nSPS) is 11.8. The van der Waals surface area contributed by atoms with Crippen LogP contribution in [0, 0.1) is 0 Å². The summed E-state index contributed by atoms with van der Waals surface area (Å²) in [6.45, 7) is 0. The van der Waals surface area contributed by atoms with Crippen LogP contribution in [0.1, 0.15) is 0 Å².